The molecule has 1 aromatic heterocycles. The minimum absolute atomic E-state index is 0.104. The van der Waals surface area contributed by atoms with Crippen molar-refractivity contribution in [2.45, 2.75) is 0 Å². The molecule has 0 radical (unpaired) electrons. The van der Waals surface area contributed by atoms with Gasteiger partial charge in [0.1, 0.15) is 23.8 Å². The third-order valence-corrected chi connectivity index (χ3v) is 2.44. The molecule has 4 nitrogen and oxygen atoms in total. The molecule has 0 aliphatic carbocycles. The number of aromatic nitrogens is 1. The number of nitrogens with zero attached hydrogens (tertiary/aromatic N) is 3. The molecule has 0 saturated carbocycles. The zero-order valence-corrected chi connectivity index (χ0v) is 8.73. The van der Waals surface area contributed by atoms with Crippen molar-refractivity contribution < 1.29 is 0 Å². The number of nitrogens with one attached hydrogen (secondary N) is 1. The highest BCUT2D eigenvalue weighted by Crippen LogP contribution is 2.26. The van der Waals surface area contributed by atoms with Gasteiger partial charge in [-0.3, -0.25) is 0 Å². The van der Waals surface area contributed by atoms with Crippen molar-refractivity contribution >= 4 is 16.5 Å². The lowest BCUT2D eigenvalue weighted by Gasteiger charge is -1.95. The van der Waals surface area contributed by atoms with E-state index in [1.165, 1.54) is 0 Å². The van der Waals surface area contributed by atoms with Crippen LogP contribution in [-0.2, 0) is 0 Å². The van der Waals surface area contributed by atoms with E-state index in [4.69, 9.17) is 15.8 Å². The normalized spacial score (nSPS) is 9.00. The number of benzene rings is 1. The maximum atomic E-state index is 9.07. The van der Waals surface area contributed by atoms with Crippen LogP contribution in [0.2, 0.25) is 0 Å². The van der Waals surface area contributed by atoms with Crippen molar-refractivity contribution in [1.29, 1.82) is 15.8 Å². The lowest BCUT2D eigenvalue weighted by molar-refractivity contribution is 1.44. The molecule has 0 amide bonds. The van der Waals surface area contributed by atoms with Crippen LogP contribution in [0.3, 0.4) is 0 Å². The average molecular weight is 218 g/mol. The van der Waals surface area contributed by atoms with Crippen molar-refractivity contribution in [3.63, 3.8) is 0 Å². The Morgan fingerprint density at radius 2 is 1.71 bits per heavy atom. The Morgan fingerprint density at radius 1 is 1.00 bits per heavy atom. The molecule has 0 saturated heterocycles. The zero-order chi connectivity index (χ0) is 12.3. The average Bonchev–Trinajstić information content (AvgIpc) is 2.79. The summed E-state index contributed by atoms with van der Waals surface area (Å²) in [6.07, 6.45) is 1.64. The summed E-state index contributed by atoms with van der Waals surface area (Å²) in [4.78, 5) is 3.00. The number of para-hydroxylation sites is 1. The maximum absolute atomic E-state index is 9.07. The first-order valence-corrected chi connectivity index (χ1v) is 4.83. The van der Waals surface area contributed by atoms with Gasteiger partial charge in [0.15, 0.2) is 0 Å². The van der Waals surface area contributed by atoms with Crippen LogP contribution in [0.1, 0.15) is 5.56 Å². The Labute approximate surface area is 97.6 Å². The Morgan fingerprint density at radius 3 is 2.35 bits per heavy atom. The lowest BCUT2D eigenvalue weighted by atomic mass is 10.0. The van der Waals surface area contributed by atoms with E-state index >= 15 is 0 Å². The Bertz CT molecular complexity index is 713. The Hall–Kier alpha value is -3.03. The van der Waals surface area contributed by atoms with Crippen LogP contribution in [0.5, 0.6) is 0 Å². The van der Waals surface area contributed by atoms with E-state index in [1.807, 2.05) is 30.3 Å². The van der Waals surface area contributed by atoms with Gasteiger partial charge in [-0.15, -0.1) is 0 Å². The topological polar surface area (TPSA) is 87.2 Å². The fourth-order valence-electron chi connectivity index (χ4n) is 1.67. The summed E-state index contributed by atoms with van der Waals surface area (Å²) in [6, 6.07) is 12.8. The SMILES string of the molecule is N#CC(C#N)=C(C#N)c1c[nH]c2ccccc12. The summed E-state index contributed by atoms with van der Waals surface area (Å²) in [5.74, 6) is 0. The number of aromatic amines is 1. The predicted octanol–water partition coefficient (Wildman–Crippen LogP) is 2.49. The van der Waals surface area contributed by atoms with Gasteiger partial charge < -0.3 is 4.98 Å². The first kappa shape index (κ1) is 10.5. The molecule has 0 spiro atoms. The van der Waals surface area contributed by atoms with Crippen LogP contribution < -0.4 is 0 Å². The second-order valence-corrected chi connectivity index (χ2v) is 3.33. The van der Waals surface area contributed by atoms with Crippen LogP contribution in [0.25, 0.3) is 16.5 Å². The molecule has 2 rings (SSSR count). The van der Waals surface area contributed by atoms with Crippen LogP contribution >= 0.6 is 0 Å². The summed E-state index contributed by atoms with van der Waals surface area (Å²) in [5.41, 5.74) is 1.39. The minimum Gasteiger partial charge on any atom is -0.361 e. The first-order chi connectivity index (χ1) is 8.31. The molecule has 0 fully saturated rings. The molecule has 0 aliphatic heterocycles. The summed E-state index contributed by atoms with van der Waals surface area (Å²) >= 11 is 0. The molecule has 1 heterocycles. The van der Waals surface area contributed by atoms with E-state index in [0.29, 0.717) is 5.56 Å². The molecule has 0 bridgehead atoms. The van der Waals surface area contributed by atoms with Crippen molar-refractivity contribution in [3.8, 4) is 18.2 Å². The van der Waals surface area contributed by atoms with Crippen molar-refractivity contribution in [3.05, 3.63) is 41.6 Å². The molecular formula is C13H6N4. The summed E-state index contributed by atoms with van der Waals surface area (Å²) in [7, 11) is 0. The molecular weight excluding hydrogens is 212 g/mol. The quantitative estimate of drug-likeness (QED) is 0.746. The predicted molar refractivity (Wildman–Crippen MR) is 62.1 cm³/mol. The van der Waals surface area contributed by atoms with Gasteiger partial charge in [-0.2, -0.15) is 15.8 Å². The summed E-state index contributed by atoms with van der Waals surface area (Å²) in [6.45, 7) is 0. The van der Waals surface area contributed by atoms with Crippen molar-refractivity contribution in [1.82, 2.24) is 4.98 Å². The van der Waals surface area contributed by atoms with E-state index in [1.54, 1.807) is 18.3 Å². The highest BCUT2D eigenvalue weighted by atomic mass is 14.7. The second-order valence-electron chi connectivity index (χ2n) is 3.33. The van der Waals surface area contributed by atoms with E-state index in [-0.39, 0.29) is 11.1 Å². The van der Waals surface area contributed by atoms with Gasteiger partial charge in [0, 0.05) is 22.7 Å². The number of hydrogen-bond donors (Lipinski definition) is 1. The Kier molecular flexibility index (Phi) is 2.61. The lowest BCUT2D eigenvalue weighted by Crippen LogP contribution is -1.84. The maximum Gasteiger partial charge on any atom is 0.148 e. The number of hydrogen-bond acceptors (Lipinski definition) is 3. The van der Waals surface area contributed by atoms with Crippen molar-refractivity contribution in [2.75, 3.05) is 0 Å². The van der Waals surface area contributed by atoms with E-state index in [9.17, 15) is 0 Å². The van der Waals surface area contributed by atoms with Crippen LogP contribution in [0, 0.1) is 34.0 Å². The number of rotatable bonds is 1. The van der Waals surface area contributed by atoms with Gasteiger partial charge in [-0.05, 0) is 6.07 Å². The number of H-pyrrole nitrogens is 1. The third kappa shape index (κ3) is 1.63. The Balaban J connectivity index is 2.79. The van der Waals surface area contributed by atoms with Gasteiger partial charge in [-0.25, -0.2) is 0 Å². The summed E-state index contributed by atoms with van der Waals surface area (Å²) in [5, 5.41) is 27.5. The molecule has 0 aliphatic rings. The molecule has 4 heteroatoms. The monoisotopic (exact) mass is 218 g/mol. The van der Waals surface area contributed by atoms with Gasteiger partial charge >= 0.3 is 0 Å². The molecule has 0 atom stereocenters. The largest absolute Gasteiger partial charge is 0.361 e. The fraction of sp³-hybridized carbons (Fsp3) is 0. The highest BCUT2D eigenvalue weighted by molar-refractivity contribution is 5.98. The van der Waals surface area contributed by atoms with Crippen LogP contribution in [0.4, 0.5) is 0 Å². The third-order valence-electron chi connectivity index (χ3n) is 2.44. The molecule has 17 heavy (non-hydrogen) atoms. The van der Waals surface area contributed by atoms with Gasteiger partial charge in [0.25, 0.3) is 0 Å². The first-order valence-electron chi connectivity index (χ1n) is 4.83. The van der Waals surface area contributed by atoms with E-state index in [2.05, 4.69) is 4.98 Å². The van der Waals surface area contributed by atoms with Gasteiger partial charge in [0.05, 0.1) is 5.57 Å². The number of fused-ring (bicyclic) bond motifs is 1. The standard InChI is InChI=1S/C13H6N4/c14-5-9(6-15)11(7-16)12-8-17-13-4-2-1-3-10(12)13/h1-4,8,17H. The fourth-order valence-corrected chi connectivity index (χ4v) is 1.67. The van der Waals surface area contributed by atoms with Gasteiger partial charge in [0.2, 0.25) is 0 Å². The molecule has 0 unspecified atom stereocenters. The zero-order valence-electron chi connectivity index (χ0n) is 8.73. The van der Waals surface area contributed by atoms with E-state index in [0.717, 1.165) is 10.9 Å². The molecule has 1 N–H and O–H groups in total. The molecule has 2 aromatic rings. The van der Waals surface area contributed by atoms with Gasteiger partial charge in [-0.1, -0.05) is 18.2 Å². The smallest absolute Gasteiger partial charge is 0.148 e. The number of nitriles is 3. The van der Waals surface area contributed by atoms with E-state index < -0.39 is 0 Å². The molecule has 78 valence electrons. The van der Waals surface area contributed by atoms with Crippen molar-refractivity contribution in [2.24, 2.45) is 0 Å². The number of allylic oxidation sites excluding steroid dienone is 2. The molecule has 1 aromatic carbocycles. The minimum atomic E-state index is -0.169. The van der Waals surface area contributed by atoms with Crippen LogP contribution in [-0.4, -0.2) is 4.98 Å². The van der Waals surface area contributed by atoms with Crippen LogP contribution in [0.15, 0.2) is 36.0 Å². The highest BCUT2D eigenvalue weighted by Gasteiger charge is 2.12. The second kappa shape index (κ2) is 4.23. The summed E-state index contributed by atoms with van der Waals surface area (Å²) < 4.78 is 0.